The van der Waals surface area contributed by atoms with E-state index in [2.05, 4.69) is 4.74 Å². The maximum Gasteiger partial charge on any atom is 0.442 e. The van der Waals surface area contributed by atoms with Crippen LogP contribution in [-0.2, 0) is 4.74 Å². The number of halogens is 3. The number of alkyl halides is 3. The molecule has 0 amide bonds. The standard InChI is InChI=1S/C7H10F3NO3/c1-2-14-5(4-11)3-6(12,13)7(8,9)10/h5,12-13H,2-3H2,1H3. The molecule has 0 saturated carbocycles. The van der Waals surface area contributed by atoms with Gasteiger partial charge in [-0.3, -0.25) is 0 Å². The van der Waals surface area contributed by atoms with Gasteiger partial charge in [0.1, 0.15) is 6.10 Å². The van der Waals surface area contributed by atoms with Gasteiger partial charge in [-0.25, -0.2) is 0 Å². The first-order valence-electron chi connectivity index (χ1n) is 3.77. The molecule has 14 heavy (non-hydrogen) atoms. The molecule has 7 heteroatoms. The molecule has 0 aliphatic rings. The van der Waals surface area contributed by atoms with Gasteiger partial charge in [-0.05, 0) is 6.92 Å². The third kappa shape index (κ3) is 3.49. The van der Waals surface area contributed by atoms with Crippen molar-refractivity contribution in [1.82, 2.24) is 0 Å². The Kier molecular flexibility index (Phi) is 4.32. The van der Waals surface area contributed by atoms with Crippen LogP contribution in [0.25, 0.3) is 0 Å². The zero-order chi connectivity index (χ0) is 11.4. The number of ether oxygens (including phenoxy) is 1. The van der Waals surface area contributed by atoms with Crippen molar-refractivity contribution < 1.29 is 28.1 Å². The number of nitrogens with zero attached hydrogens (tertiary/aromatic N) is 1. The molecular formula is C7H10F3NO3. The molecule has 0 heterocycles. The smallest absolute Gasteiger partial charge is 0.363 e. The molecule has 0 aliphatic carbocycles. The molecule has 82 valence electrons. The largest absolute Gasteiger partial charge is 0.442 e. The van der Waals surface area contributed by atoms with E-state index in [4.69, 9.17) is 15.5 Å². The normalized spacial score (nSPS) is 14.9. The summed E-state index contributed by atoms with van der Waals surface area (Å²) < 4.78 is 40.3. The van der Waals surface area contributed by atoms with E-state index in [1.54, 1.807) is 0 Å². The highest BCUT2D eigenvalue weighted by Crippen LogP contribution is 2.31. The van der Waals surface area contributed by atoms with Crippen molar-refractivity contribution in [3.8, 4) is 6.07 Å². The molecule has 0 aromatic rings. The van der Waals surface area contributed by atoms with Crippen molar-refractivity contribution in [3.63, 3.8) is 0 Å². The van der Waals surface area contributed by atoms with Crippen molar-refractivity contribution in [2.75, 3.05) is 6.61 Å². The Morgan fingerprint density at radius 1 is 1.43 bits per heavy atom. The lowest BCUT2D eigenvalue weighted by molar-refractivity contribution is -0.355. The van der Waals surface area contributed by atoms with Gasteiger partial charge in [0.2, 0.25) is 0 Å². The summed E-state index contributed by atoms with van der Waals surface area (Å²) in [7, 11) is 0. The Bertz CT molecular complexity index is 221. The van der Waals surface area contributed by atoms with Crippen LogP contribution in [0.1, 0.15) is 13.3 Å². The van der Waals surface area contributed by atoms with E-state index in [1.807, 2.05) is 0 Å². The summed E-state index contributed by atoms with van der Waals surface area (Å²) in [5.74, 6) is -3.89. The Labute approximate surface area is 78.5 Å². The molecular weight excluding hydrogens is 203 g/mol. The number of aliphatic hydroxyl groups is 2. The zero-order valence-corrected chi connectivity index (χ0v) is 7.38. The molecule has 0 fully saturated rings. The fourth-order valence-electron chi connectivity index (χ4n) is 0.717. The molecule has 0 saturated heterocycles. The summed E-state index contributed by atoms with van der Waals surface area (Å²) in [6.45, 7) is 1.50. The van der Waals surface area contributed by atoms with Gasteiger partial charge in [0.25, 0.3) is 5.79 Å². The molecule has 0 aliphatic heterocycles. The molecule has 0 bridgehead atoms. The molecule has 0 radical (unpaired) electrons. The molecule has 0 aromatic carbocycles. The molecule has 1 atom stereocenters. The topological polar surface area (TPSA) is 73.5 Å². The Hall–Kier alpha value is -0.840. The Balaban J connectivity index is 4.42. The van der Waals surface area contributed by atoms with Crippen LogP contribution in [-0.4, -0.2) is 34.9 Å². The van der Waals surface area contributed by atoms with Gasteiger partial charge >= 0.3 is 6.18 Å². The lowest BCUT2D eigenvalue weighted by Gasteiger charge is -2.25. The third-order valence-corrected chi connectivity index (χ3v) is 1.44. The highest BCUT2D eigenvalue weighted by Gasteiger charge is 2.54. The average molecular weight is 213 g/mol. The van der Waals surface area contributed by atoms with Gasteiger partial charge in [0.15, 0.2) is 0 Å². The van der Waals surface area contributed by atoms with Crippen molar-refractivity contribution in [1.29, 1.82) is 5.26 Å². The first-order valence-corrected chi connectivity index (χ1v) is 3.77. The maximum absolute atomic E-state index is 11.9. The first kappa shape index (κ1) is 13.2. The first-order chi connectivity index (χ1) is 6.24. The minimum Gasteiger partial charge on any atom is -0.363 e. The minimum atomic E-state index is -5.20. The van der Waals surface area contributed by atoms with Gasteiger partial charge in [-0.15, -0.1) is 0 Å². The van der Waals surface area contributed by atoms with E-state index >= 15 is 0 Å². The van der Waals surface area contributed by atoms with Crippen molar-refractivity contribution in [2.24, 2.45) is 0 Å². The minimum absolute atomic E-state index is 0.0200. The van der Waals surface area contributed by atoms with E-state index in [-0.39, 0.29) is 6.61 Å². The molecule has 4 nitrogen and oxygen atoms in total. The predicted octanol–water partition coefficient (Wildman–Crippen LogP) is 0.548. The van der Waals surface area contributed by atoms with Crippen LogP contribution < -0.4 is 0 Å². The summed E-state index contributed by atoms with van der Waals surface area (Å²) in [5, 5.41) is 25.5. The number of rotatable bonds is 4. The van der Waals surface area contributed by atoms with Crippen molar-refractivity contribution in [3.05, 3.63) is 0 Å². The SMILES string of the molecule is CCOC(C#N)CC(O)(O)C(F)(F)F. The van der Waals surface area contributed by atoms with Gasteiger partial charge in [-0.2, -0.15) is 18.4 Å². The van der Waals surface area contributed by atoms with Crippen LogP contribution in [0.3, 0.4) is 0 Å². The number of hydrogen-bond acceptors (Lipinski definition) is 4. The number of nitriles is 1. The van der Waals surface area contributed by atoms with Gasteiger partial charge in [-0.1, -0.05) is 0 Å². The van der Waals surface area contributed by atoms with Gasteiger partial charge in [0.05, 0.1) is 12.5 Å². The summed E-state index contributed by atoms with van der Waals surface area (Å²) >= 11 is 0. The summed E-state index contributed by atoms with van der Waals surface area (Å²) in [5.41, 5.74) is 0. The van der Waals surface area contributed by atoms with Gasteiger partial charge in [0, 0.05) is 6.61 Å². The Morgan fingerprint density at radius 3 is 2.21 bits per heavy atom. The highest BCUT2D eigenvalue weighted by atomic mass is 19.4. The van der Waals surface area contributed by atoms with Crippen molar-refractivity contribution >= 4 is 0 Å². The van der Waals surface area contributed by atoms with E-state index in [0.717, 1.165) is 0 Å². The van der Waals surface area contributed by atoms with Crippen LogP contribution >= 0.6 is 0 Å². The molecule has 0 aromatic heterocycles. The van der Waals surface area contributed by atoms with Crippen LogP contribution in [0, 0.1) is 11.3 Å². The second-order valence-corrected chi connectivity index (χ2v) is 2.59. The van der Waals surface area contributed by atoms with E-state index < -0.39 is 24.5 Å². The predicted molar refractivity (Wildman–Crippen MR) is 38.9 cm³/mol. The van der Waals surface area contributed by atoms with Crippen LogP contribution in [0.4, 0.5) is 13.2 Å². The average Bonchev–Trinajstić information content (AvgIpc) is 2.01. The second kappa shape index (κ2) is 4.59. The summed E-state index contributed by atoms with van der Waals surface area (Å²) in [4.78, 5) is 0. The quantitative estimate of drug-likeness (QED) is 0.669. The highest BCUT2D eigenvalue weighted by molar-refractivity contribution is 4.90. The monoisotopic (exact) mass is 213 g/mol. The molecule has 0 rings (SSSR count). The van der Waals surface area contributed by atoms with E-state index in [1.165, 1.54) is 13.0 Å². The van der Waals surface area contributed by atoms with Gasteiger partial charge < -0.3 is 14.9 Å². The van der Waals surface area contributed by atoms with Crippen LogP contribution in [0.15, 0.2) is 0 Å². The fraction of sp³-hybridized carbons (Fsp3) is 0.857. The molecule has 0 spiro atoms. The van der Waals surface area contributed by atoms with E-state index in [9.17, 15) is 13.2 Å². The van der Waals surface area contributed by atoms with Crippen LogP contribution in [0.2, 0.25) is 0 Å². The van der Waals surface area contributed by atoms with Crippen molar-refractivity contribution in [2.45, 2.75) is 31.4 Å². The fourth-order valence-corrected chi connectivity index (χ4v) is 0.717. The van der Waals surface area contributed by atoms with E-state index in [0.29, 0.717) is 0 Å². The molecule has 2 N–H and O–H groups in total. The lowest BCUT2D eigenvalue weighted by Crippen LogP contribution is -2.47. The molecule has 1 unspecified atom stereocenters. The maximum atomic E-state index is 11.9. The Morgan fingerprint density at radius 2 is 1.93 bits per heavy atom. The zero-order valence-electron chi connectivity index (χ0n) is 7.38. The summed E-state index contributed by atoms with van der Waals surface area (Å²) in [6, 6.07) is 1.39. The third-order valence-electron chi connectivity index (χ3n) is 1.44. The lowest BCUT2D eigenvalue weighted by atomic mass is 10.1. The number of hydrogen-bond donors (Lipinski definition) is 2. The van der Waals surface area contributed by atoms with Crippen LogP contribution in [0.5, 0.6) is 0 Å². The summed E-state index contributed by atoms with van der Waals surface area (Å²) in [6.07, 6.45) is -7.91. The second-order valence-electron chi connectivity index (χ2n) is 2.59.